The molecule has 0 saturated heterocycles. The Morgan fingerprint density at radius 2 is 1.94 bits per heavy atom. The second kappa shape index (κ2) is 7.83. The van der Waals surface area contributed by atoms with Crippen molar-refractivity contribution in [2.45, 2.75) is 24.5 Å². The normalized spacial score (nSPS) is 28.6. The van der Waals surface area contributed by atoms with Crippen LogP contribution in [0.3, 0.4) is 0 Å². The quantitative estimate of drug-likeness (QED) is 0.313. The van der Waals surface area contributed by atoms with E-state index in [2.05, 4.69) is 0 Å². The van der Waals surface area contributed by atoms with E-state index in [0.29, 0.717) is 11.1 Å². The van der Waals surface area contributed by atoms with Crippen LogP contribution in [0.25, 0.3) is 11.8 Å². The summed E-state index contributed by atoms with van der Waals surface area (Å²) < 4.78 is 0. The molecule has 3 aliphatic carbocycles. The maximum Gasteiger partial charge on any atom is 0.255 e. The van der Waals surface area contributed by atoms with E-state index in [1.807, 2.05) is 6.07 Å². The smallest absolute Gasteiger partial charge is 0.255 e. The Labute approximate surface area is 194 Å². The van der Waals surface area contributed by atoms with Gasteiger partial charge in [-0.25, -0.2) is 0 Å². The number of ketones is 2. The number of aliphatic hydroxyl groups is 3. The lowest BCUT2D eigenvalue weighted by Gasteiger charge is -2.50. The standard InChI is InChI=1S/C24H23N3O7/c1-27(2)18-13-9-11-8-12-10(4-3-7-25)5-6-14(28)16(12)19(29)15(11)21(31)24(13,34)22(32)17(20(18)30)23(26)33/h3-6,11,13,18,28-29,32,34H,8-9H2,1-2H3,(H2,26,33)/b4-3+/t11-,13-,18-,24-/m0/s1. The number of phenols is 1. The van der Waals surface area contributed by atoms with Gasteiger partial charge in [0.25, 0.3) is 5.91 Å². The number of primary amides is 1. The number of allylic oxidation sites excluding steroid dienone is 1. The van der Waals surface area contributed by atoms with Crippen molar-refractivity contribution in [3.05, 3.63) is 51.8 Å². The molecular weight excluding hydrogens is 442 g/mol. The van der Waals surface area contributed by atoms with Gasteiger partial charge in [0, 0.05) is 17.6 Å². The number of amides is 1. The van der Waals surface area contributed by atoms with Crippen LogP contribution in [-0.4, -0.2) is 68.5 Å². The molecular formula is C24H23N3O7. The molecule has 1 aromatic rings. The molecule has 0 heterocycles. The first-order chi connectivity index (χ1) is 16.0. The van der Waals surface area contributed by atoms with Gasteiger partial charge in [-0.2, -0.15) is 5.26 Å². The van der Waals surface area contributed by atoms with Gasteiger partial charge in [-0.1, -0.05) is 6.07 Å². The third kappa shape index (κ3) is 2.98. The molecule has 1 saturated carbocycles. The van der Waals surface area contributed by atoms with Crippen LogP contribution in [0.1, 0.15) is 23.1 Å². The van der Waals surface area contributed by atoms with E-state index in [9.17, 15) is 34.8 Å². The number of rotatable bonds is 3. The lowest BCUT2D eigenvalue weighted by Crippen LogP contribution is -2.65. The molecule has 0 aromatic heterocycles. The number of phenolic OH excluding ortho intramolecular Hbond substituents is 1. The SMILES string of the molecule is CN(C)[C@@H]1C(=O)C(C(N)=O)=C(O)[C@@]2(O)C(=O)C3=C(O)c4c(O)ccc(/C=C/C#N)c4C[C@H]3C[C@@H]12. The van der Waals surface area contributed by atoms with Gasteiger partial charge in [0.2, 0.25) is 5.78 Å². The minimum Gasteiger partial charge on any atom is -0.508 e. The topological polar surface area (TPSA) is 185 Å². The first-order valence-electron chi connectivity index (χ1n) is 10.5. The highest BCUT2D eigenvalue weighted by Crippen LogP contribution is 2.52. The molecule has 0 radical (unpaired) electrons. The molecule has 6 N–H and O–H groups in total. The van der Waals surface area contributed by atoms with Crippen molar-refractivity contribution in [3.8, 4) is 11.8 Å². The number of fused-ring (bicyclic) bond motifs is 3. The van der Waals surface area contributed by atoms with E-state index in [0.717, 1.165) is 0 Å². The summed E-state index contributed by atoms with van der Waals surface area (Å²) in [6.07, 6.45) is 2.92. The van der Waals surface area contributed by atoms with Crippen LogP contribution in [0.5, 0.6) is 5.75 Å². The average molecular weight is 465 g/mol. The fourth-order valence-electron chi connectivity index (χ4n) is 5.55. The molecule has 0 bridgehead atoms. The Hall–Kier alpha value is -3.94. The van der Waals surface area contributed by atoms with Crippen LogP contribution < -0.4 is 5.73 Å². The summed E-state index contributed by atoms with van der Waals surface area (Å²) in [5.74, 6) is -6.96. The number of nitrogens with two attached hydrogens (primary N) is 1. The molecule has 0 spiro atoms. The molecule has 10 nitrogen and oxygen atoms in total. The van der Waals surface area contributed by atoms with Gasteiger partial charge in [-0.3, -0.25) is 19.3 Å². The predicted molar refractivity (Wildman–Crippen MR) is 119 cm³/mol. The first kappa shape index (κ1) is 23.2. The highest BCUT2D eigenvalue weighted by atomic mass is 16.3. The zero-order valence-electron chi connectivity index (χ0n) is 18.4. The number of likely N-dealkylation sites (N-methyl/N-ethyl adjacent to an activating group) is 1. The van der Waals surface area contributed by atoms with Crippen LogP contribution >= 0.6 is 0 Å². The highest BCUT2D eigenvalue weighted by Gasteiger charge is 2.64. The molecule has 1 fully saturated rings. The van der Waals surface area contributed by atoms with Crippen LogP contribution in [0.15, 0.2) is 35.1 Å². The number of aromatic hydroxyl groups is 1. The van der Waals surface area contributed by atoms with Crippen molar-refractivity contribution in [1.82, 2.24) is 4.90 Å². The number of Topliss-reactive ketones (excluding diaryl/α,β-unsaturated/α-hetero) is 2. The van der Waals surface area contributed by atoms with Gasteiger partial charge >= 0.3 is 0 Å². The van der Waals surface area contributed by atoms with Crippen LogP contribution in [0.2, 0.25) is 0 Å². The summed E-state index contributed by atoms with van der Waals surface area (Å²) in [5.41, 5.74) is 2.58. The second-order valence-corrected chi connectivity index (χ2v) is 8.95. The zero-order chi connectivity index (χ0) is 25.1. The lowest BCUT2D eigenvalue weighted by atomic mass is 9.57. The number of hydrogen-bond donors (Lipinski definition) is 5. The predicted octanol–water partition coefficient (Wildman–Crippen LogP) is 0.501. The highest BCUT2D eigenvalue weighted by molar-refractivity contribution is 6.24. The number of aliphatic hydroxyl groups excluding tert-OH is 2. The molecule has 34 heavy (non-hydrogen) atoms. The van der Waals surface area contributed by atoms with Crippen molar-refractivity contribution >= 4 is 29.3 Å². The minimum atomic E-state index is -2.67. The largest absolute Gasteiger partial charge is 0.508 e. The van der Waals surface area contributed by atoms with Gasteiger partial charge < -0.3 is 26.2 Å². The number of hydrogen-bond acceptors (Lipinski definition) is 9. The zero-order valence-corrected chi connectivity index (χ0v) is 18.4. The Morgan fingerprint density at radius 1 is 1.26 bits per heavy atom. The molecule has 4 rings (SSSR count). The summed E-state index contributed by atoms with van der Waals surface area (Å²) in [6.45, 7) is 0. The molecule has 3 aliphatic rings. The number of carbonyl (C=O) groups excluding carboxylic acids is 3. The Morgan fingerprint density at radius 3 is 2.53 bits per heavy atom. The van der Waals surface area contributed by atoms with E-state index >= 15 is 0 Å². The van der Waals surface area contributed by atoms with Gasteiger partial charge in [0.15, 0.2) is 11.4 Å². The minimum absolute atomic E-state index is 0.00280. The van der Waals surface area contributed by atoms with E-state index in [4.69, 9.17) is 11.0 Å². The number of nitriles is 1. The van der Waals surface area contributed by atoms with Gasteiger partial charge in [0.05, 0.1) is 17.7 Å². The maximum atomic E-state index is 13.7. The first-order valence-corrected chi connectivity index (χ1v) is 10.5. The third-order valence-electron chi connectivity index (χ3n) is 6.98. The molecule has 10 heteroatoms. The number of carbonyl (C=O) groups is 3. The Balaban J connectivity index is 1.98. The van der Waals surface area contributed by atoms with Crippen LogP contribution in [-0.2, 0) is 20.8 Å². The molecule has 4 atom stereocenters. The fourth-order valence-corrected chi connectivity index (χ4v) is 5.55. The summed E-state index contributed by atoms with van der Waals surface area (Å²) >= 11 is 0. The van der Waals surface area contributed by atoms with Gasteiger partial charge in [-0.15, -0.1) is 0 Å². The van der Waals surface area contributed by atoms with Crippen LogP contribution in [0, 0.1) is 23.2 Å². The van der Waals surface area contributed by atoms with E-state index in [1.165, 1.54) is 37.2 Å². The van der Waals surface area contributed by atoms with Gasteiger partial charge in [-0.05, 0) is 56.1 Å². The van der Waals surface area contributed by atoms with E-state index in [1.54, 1.807) is 6.07 Å². The maximum absolute atomic E-state index is 13.7. The second-order valence-electron chi connectivity index (χ2n) is 8.95. The lowest BCUT2D eigenvalue weighted by molar-refractivity contribution is -0.153. The van der Waals surface area contributed by atoms with Crippen molar-refractivity contribution in [1.29, 1.82) is 5.26 Å². The Bertz CT molecular complexity index is 1280. The van der Waals surface area contributed by atoms with Crippen molar-refractivity contribution in [2.24, 2.45) is 17.6 Å². The number of nitrogens with zero attached hydrogens (tertiary/aromatic N) is 2. The average Bonchev–Trinajstić information content (AvgIpc) is 2.75. The number of benzene rings is 1. The molecule has 1 amide bonds. The molecule has 0 unspecified atom stereocenters. The van der Waals surface area contributed by atoms with Crippen LogP contribution in [0.4, 0.5) is 0 Å². The summed E-state index contributed by atoms with van der Waals surface area (Å²) in [4.78, 5) is 40.1. The fraction of sp³-hybridized carbons (Fsp3) is 0.333. The van der Waals surface area contributed by atoms with Gasteiger partial charge in [0.1, 0.15) is 22.8 Å². The van der Waals surface area contributed by atoms with Crippen molar-refractivity contribution < 1.29 is 34.8 Å². The summed E-state index contributed by atoms with van der Waals surface area (Å²) in [6, 6.07) is 3.62. The molecule has 1 aromatic carbocycles. The van der Waals surface area contributed by atoms with E-state index < -0.39 is 58.0 Å². The Kier molecular flexibility index (Phi) is 5.35. The summed E-state index contributed by atoms with van der Waals surface area (Å²) in [5, 5.41) is 52.7. The monoisotopic (exact) mass is 465 g/mol. The third-order valence-corrected chi connectivity index (χ3v) is 6.98. The van der Waals surface area contributed by atoms with Crippen molar-refractivity contribution in [3.63, 3.8) is 0 Å². The molecule has 0 aliphatic heterocycles. The molecule has 176 valence electrons. The van der Waals surface area contributed by atoms with Crippen molar-refractivity contribution in [2.75, 3.05) is 14.1 Å². The van der Waals surface area contributed by atoms with E-state index in [-0.39, 0.29) is 29.7 Å². The summed E-state index contributed by atoms with van der Waals surface area (Å²) in [7, 11) is 3.08.